The Bertz CT molecular complexity index is 1090. The molecule has 1 saturated heterocycles. The molecule has 1 atom stereocenters. The molecular weight excluding hydrogens is 410 g/mol. The summed E-state index contributed by atoms with van der Waals surface area (Å²) in [7, 11) is 0. The summed E-state index contributed by atoms with van der Waals surface area (Å²) in [4.78, 5) is 26.8. The van der Waals surface area contributed by atoms with Crippen LogP contribution in [0.1, 0.15) is 51.9 Å². The van der Waals surface area contributed by atoms with Gasteiger partial charge in [0.1, 0.15) is 6.04 Å². The van der Waals surface area contributed by atoms with Crippen LogP contribution in [0.15, 0.2) is 48.7 Å². The number of piperidine rings is 1. The molecule has 160 valence electrons. The van der Waals surface area contributed by atoms with Crippen LogP contribution < -0.4 is 5.32 Å². The first-order chi connectivity index (χ1) is 14.8. The monoisotopic (exact) mass is 435 g/mol. The number of nitrogens with zero attached hydrogens (tertiary/aromatic N) is 1. The lowest BCUT2D eigenvalue weighted by Gasteiger charge is -2.30. The Balaban J connectivity index is 1.38. The molecule has 5 nitrogen and oxygen atoms in total. The number of benzene rings is 2. The van der Waals surface area contributed by atoms with Crippen LogP contribution in [0, 0.1) is 12.3 Å². The van der Waals surface area contributed by atoms with Gasteiger partial charge in [0.05, 0.1) is 0 Å². The second-order valence-corrected chi connectivity index (χ2v) is 8.84. The van der Waals surface area contributed by atoms with Crippen molar-refractivity contribution in [1.29, 1.82) is 5.41 Å². The van der Waals surface area contributed by atoms with Crippen molar-refractivity contribution in [2.45, 2.75) is 51.6 Å². The van der Waals surface area contributed by atoms with Crippen LogP contribution in [0.4, 0.5) is 0 Å². The van der Waals surface area contributed by atoms with Gasteiger partial charge in [-0.1, -0.05) is 42.4 Å². The molecule has 2 aliphatic rings. The number of carbonyl (C=O) groups excluding carboxylic acids is 2. The van der Waals surface area contributed by atoms with Gasteiger partial charge in [0.25, 0.3) is 5.91 Å². The Kier molecular flexibility index (Phi) is 5.96. The Morgan fingerprint density at radius 3 is 2.74 bits per heavy atom. The van der Waals surface area contributed by atoms with E-state index in [2.05, 4.69) is 11.9 Å². The molecule has 4 rings (SSSR count). The molecule has 2 aliphatic heterocycles. The highest BCUT2D eigenvalue weighted by atomic mass is 35.5. The number of amides is 2. The van der Waals surface area contributed by atoms with E-state index in [0.717, 1.165) is 33.7 Å². The SMILES string of the molecule is C=C1CCC(N2Cc3cc(CCC(=N)Cc4ccc(C)c(Cl)c4)ccc3C2=O)C(=O)N1. The summed E-state index contributed by atoms with van der Waals surface area (Å²) < 4.78 is 0. The van der Waals surface area contributed by atoms with Crippen molar-refractivity contribution in [3.63, 3.8) is 0 Å². The van der Waals surface area contributed by atoms with Gasteiger partial charge in [0.15, 0.2) is 0 Å². The van der Waals surface area contributed by atoms with Gasteiger partial charge in [-0.2, -0.15) is 0 Å². The Labute approximate surface area is 187 Å². The van der Waals surface area contributed by atoms with Gasteiger partial charge in [-0.25, -0.2) is 0 Å². The van der Waals surface area contributed by atoms with Crippen LogP contribution in [0.25, 0.3) is 0 Å². The maximum absolute atomic E-state index is 12.8. The third-order valence-electron chi connectivity index (χ3n) is 6.07. The normalized spacial score (nSPS) is 18.2. The number of carbonyl (C=O) groups is 2. The number of rotatable bonds is 6. The molecule has 2 aromatic rings. The van der Waals surface area contributed by atoms with Crippen molar-refractivity contribution in [3.05, 3.63) is 81.5 Å². The van der Waals surface area contributed by atoms with E-state index in [1.54, 1.807) is 4.90 Å². The molecule has 0 bridgehead atoms. The summed E-state index contributed by atoms with van der Waals surface area (Å²) in [5.74, 6) is -0.236. The predicted octanol–water partition coefficient (Wildman–Crippen LogP) is 4.59. The van der Waals surface area contributed by atoms with Crippen LogP contribution in [0.3, 0.4) is 0 Å². The quantitative estimate of drug-likeness (QED) is 0.651. The number of allylic oxidation sites excluding steroid dienone is 1. The molecule has 0 radical (unpaired) electrons. The van der Waals surface area contributed by atoms with E-state index in [0.29, 0.717) is 49.2 Å². The highest BCUT2D eigenvalue weighted by Crippen LogP contribution is 2.29. The maximum Gasteiger partial charge on any atom is 0.255 e. The average Bonchev–Trinajstić information content (AvgIpc) is 3.05. The number of fused-ring (bicyclic) bond motifs is 1. The molecule has 1 unspecified atom stereocenters. The first-order valence-electron chi connectivity index (χ1n) is 10.5. The predicted molar refractivity (Wildman–Crippen MR) is 123 cm³/mol. The average molecular weight is 436 g/mol. The first kappa shape index (κ1) is 21.3. The topological polar surface area (TPSA) is 73.3 Å². The second kappa shape index (κ2) is 8.67. The summed E-state index contributed by atoms with van der Waals surface area (Å²) in [6.07, 6.45) is 3.27. The van der Waals surface area contributed by atoms with Crippen LogP contribution in [0.5, 0.6) is 0 Å². The van der Waals surface area contributed by atoms with Crippen molar-refractivity contribution in [2.75, 3.05) is 0 Å². The number of nitrogens with one attached hydrogen (secondary N) is 2. The van der Waals surface area contributed by atoms with E-state index in [9.17, 15) is 9.59 Å². The summed E-state index contributed by atoms with van der Waals surface area (Å²) in [5.41, 5.74) is 6.17. The van der Waals surface area contributed by atoms with Gasteiger partial charge < -0.3 is 15.6 Å². The minimum absolute atomic E-state index is 0.0850. The van der Waals surface area contributed by atoms with Crippen LogP contribution in [0.2, 0.25) is 5.02 Å². The molecule has 0 aliphatic carbocycles. The van der Waals surface area contributed by atoms with E-state index >= 15 is 0 Å². The van der Waals surface area contributed by atoms with E-state index in [-0.39, 0.29) is 11.8 Å². The van der Waals surface area contributed by atoms with Gasteiger partial charge in [0, 0.05) is 35.0 Å². The summed E-state index contributed by atoms with van der Waals surface area (Å²) >= 11 is 6.19. The van der Waals surface area contributed by atoms with Gasteiger partial charge in [0.2, 0.25) is 5.91 Å². The molecule has 2 aromatic carbocycles. The van der Waals surface area contributed by atoms with Crippen molar-refractivity contribution < 1.29 is 9.59 Å². The van der Waals surface area contributed by atoms with E-state index in [4.69, 9.17) is 17.0 Å². The standard InChI is InChI=1S/C25H26ClN3O2/c1-15-3-5-18(13-22(15)26)12-20(27)8-6-17-7-9-21-19(11-17)14-29(25(21)31)23-10-4-16(2)28-24(23)30/h3,5,7,9,11,13,23,27H,2,4,6,8,10,12,14H2,1H3,(H,28,30). The Morgan fingerprint density at radius 1 is 1.23 bits per heavy atom. The summed E-state index contributed by atoms with van der Waals surface area (Å²) in [6.45, 7) is 6.22. The van der Waals surface area contributed by atoms with Crippen molar-refractivity contribution >= 4 is 29.1 Å². The minimum atomic E-state index is -0.441. The fourth-order valence-corrected chi connectivity index (χ4v) is 4.44. The van der Waals surface area contributed by atoms with Gasteiger partial charge in [-0.15, -0.1) is 0 Å². The lowest BCUT2D eigenvalue weighted by Crippen LogP contribution is -2.49. The lowest BCUT2D eigenvalue weighted by atomic mass is 9.99. The molecular formula is C25H26ClN3O2. The molecule has 0 spiro atoms. The molecule has 2 amide bonds. The van der Waals surface area contributed by atoms with Gasteiger partial charge in [-0.05, 0) is 67.0 Å². The number of halogens is 1. The largest absolute Gasteiger partial charge is 0.329 e. The summed E-state index contributed by atoms with van der Waals surface area (Å²) in [6, 6.07) is 11.3. The van der Waals surface area contributed by atoms with E-state index in [1.807, 2.05) is 43.3 Å². The Morgan fingerprint density at radius 2 is 2.00 bits per heavy atom. The fourth-order valence-electron chi connectivity index (χ4n) is 4.24. The lowest BCUT2D eigenvalue weighted by molar-refractivity contribution is -0.126. The molecule has 2 heterocycles. The maximum atomic E-state index is 12.8. The molecule has 1 fully saturated rings. The summed E-state index contributed by atoms with van der Waals surface area (Å²) in [5, 5.41) is 11.8. The third kappa shape index (κ3) is 4.57. The van der Waals surface area contributed by atoms with Crippen LogP contribution >= 0.6 is 11.6 Å². The molecule has 0 aromatic heterocycles. The number of hydrogen-bond donors (Lipinski definition) is 2. The zero-order valence-corrected chi connectivity index (χ0v) is 18.4. The zero-order valence-electron chi connectivity index (χ0n) is 17.6. The number of aryl methyl sites for hydroxylation is 2. The second-order valence-electron chi connectivity index (χ2n) is 8.44. The molecule has 6 heteroatoms. The fraction of sp³-hybridized carbons (Fsp3) is 0.320. The van der Waals surface area contributed by atoms with Gasteiger partial charge in [-0.3, -0.25) is 9.59 Å². The van der Waals surface area contributed by atoms with Gasteiger partial charge >= 0.3 is 0 Å². The van der Waals surface area contributed by atoms with E-state index in [1.165, 1.54) is 0 Å². The smallest absolute Gasteiger partial charge is 0.255 e. The van der Waals surface area contributed by atoms with Crippen molar-refractivity contribution in [1.82, 2.24) is 10.2 Å². The first-order valence-corrected chi connectivity index (χ1v) is 10.9. The van der Waals surface area contributed by atoms with E-state index < -0.39 is 6.04 Å². The van der Waals surface area contributed by atoms with Crippen LogP contribution in [-0.2, 0) is 24.2 Å². The van der Waals surface area contributed by atoms with Crippen molar-refractivity contribution in [3.8, 4) is 0 Å². The highest BCUT2D eigenvalue weighted by molar-refractivity contribution is 6.31. The van der Waals surface area contributed by atoms with Crippen LogP contribution in [-0.4, -0.2) is 28.5 Å². The Hall–Kier alpha value is -2.92. The molecule has 31 heavy (non-hydrogen) atoms. The molecule has 2 N–H and O–H groups in total. The number of hydrogen-bond acceptors (Lipinski definition) is 3. The zero-order chi connectivity index (χ0) is 22.1. The van der Waals surface area contributed by atoms with Crippen molar-refractivity contribution in [2.24, 2.45) is 0 Å². The highest BCUT2D eigenvalue weighted by Gasteiger charge is 2.38. The molecule has 0 saturated carbocycles. The minimum Gasteiger partial charge on any atom is -0.329 e. The third-order valence-corrected chi connectivity index (χ3v) is 6.48.